The number of aliphatic carboxylic acids is 1. The predicted octanol–water partition coefficient (Wildman–Crippen LogP) is 0.584. The minimum absolute atomic E-state index is 0.196. The first-order chi connectivity index (χ1) is 17.4. The molecule has 0 aliphatic heterocycles. The van der Waals surface area contributed by atoms with Crippen molar-refractivity contribution in [3.63, 3.8) is 0 Å². The summed E-state index contributed by atoms with van der Waals surface area (Å²) in [7, 11) is 0. The van der Waals surface area contributed by atoms with E-state index in [1.807, 2.05) is 12.1 Å². The molecule has 0 fully saturated rings. The van der Waals surface area contributed by atoms with Crippen LogP contribution in [0.1, 0.15) is 23.6 Å². The highest BCUT2D eigenvalue weighted by molar-refractivity contribution is 6.32. The molecule has 0 saturated heterocycles. The normalized spacial score (nSPS) is 9.28. The van der Waals surface area contributed by atoms with E-state index in [9.17, 15) is 19.2 Å². The van der Waals surface area contributed by atoms with Crippen molar-refractivity contribution in [2.24, 2.45) is 5.73 Å². The number of aromatic nitrogens is 3. The van der Waals surface area contributed by atoms with E-state index in [2.05, 4.69) is 30.3 Å². The van der Waals surface area contributed by atoms with Crippen LogP contribution in [0.15, 0.2) is 73.6 Å². The number of nitrogens with zero attached hydrogens (tertiary/aromatic N) is 3. The molecule has 3 heterocycles. The number of ether oxygens (including phenoxy) is 1. The Bertz CT molecular complexity index is 1070. The van der Waals surface area contributed by atoms with Crippen LogP contribution >= 0.6 is 0 Å². The first-order valence-electron chi connectivity index (χ1n) is 10.7. The molecule has 12 heteroatoms. The molecule has 36 heavy (non-hydrogen) atoms. The zero-order chi connectivity index (χ0) is 26.6. The number of rotatable bonds is 6. The van der Waals surface area contributed by atoms with Crippen molar-refractivity contribution in [3.05, 3.63) is 90.3 Å². The summed E-state index contributed by atoms with van der Waals surface area (Å²) in [5.74, 6) is -4.06. The molecule has 0 aliphatic rings. The van der Waals surface area contributed by atoms with E-state index in [-0.39, 0.29) is 13.2 Å². The quantitative estimate of drug-likeness (QED) is 0.278. The summed E-state index contributed by atoms with van der Waals surface area (Å²) in [5, 5.41) is 12.9. The fourth-order valence-corrected chi connectivity index (χ4v) is 2.23. The van der Waals surface area contributed by atoms with Crippen LogP contribution < -0.4 is 16.4 Å². The molecule has 12 nitrogen and oxygen atoms in total. The molecular weight excluding hydrogens is 468 g/mol. The number of carboxylic acid groups (broad SMARTS) is 1. The highest BCUT2D eigenvalue weighted by atomic mass is 16.5. The van der Waals surface area contributed by atoms with Crippen LogP contribution in [-0.4, -0.2) is 50.4 Å². The number of carboxylic acids is 1. The Hall–Kier alpha value is -4.71. The van der Waals surface area contributed by atoms with E-state index in [4.69, 9.17) is 10.8 Å². The topological polar surface area (TPSA) is 186 Å². The molecule has 3 rings (SSSR count). The van der Waals surface area contributed by atoms with Gasteiger partial charge in [0.05, 0.1) is 6.61 Å². The summed E-state index contributed by atoms with van der Waals surface area (Å²) in [6.45, 7) is 2.94. The number of carbonyl (C=O) groups excluding carboxylic acids is 3. The minimum atomic E-state index is -1.48. The van der Waals surface area contributed by atoms with Gasteiger partial charge in [-0.15, -0.1) is 0 Å². The summed E-state index contributed by atoms with van der Waals surface area (Å²) < 4.78 is 4.53. The van der Waals surface area contributed by atoms with Gasteiger partial charge in [-0.1, -0.05) is 0 Å². The van der Waals surface area contributed by atoms with Gasteiger partial charge in [0.25, 0.3) is 0 Å². The second-order valence-electron chi connectivity index (χ2n) is 6.66. The van der Waals surface area contributed by atoms with E-state index in [1.54, 1.807) is 68.4 Å². The molecule has 0 bridgehead atoms. The van der Waals surface area contributed by atoms with Crippen LogP contribution in [0.2, 0.25) is 0 Å². The highest BCUT2D eigenvalue weighted by Gasteiger charge is 2.13. The molecule has 0 unspecified atom stereocenters. The highest BCUT2D eigenvalue weighted by Crippen LogP contribution is 1.95. The summed E-state index contributed by atoms with van der Waals surface area (Å²) in [4.78, 5) is 54.2. The van der Waals surface area contributed by atoms with Gasteiger partial charge in [0.2, 0.25) is 0 Å². The van der Waals surface area contributed by atoms with Crippen LogP contribution in [-0.2, 0) is 43.5 Å². The van der Waals surface area contributed by atoms with Gasteiger partial charge in [-0.3, -0.25) is 24.5 Å². The Balaban J connectivity index is 0.000000282. The second kappa shape index (κ2) is 17.7. The molecule has 5 N–H and O–H groups in total. The lowest BCUT2D eigenvalue weighted by Gasteiger charge is -2.03. The number of amides is 2. The molecule has 3 aromatic rings. The SMILES string of the molecule is CCOC(=O)C(=O)NCc1ccncc1.NCc1ccncc1.O=C(O)C(=O)NCc1ccncc1. The number of nitrogens with two attached hydrogens (primary N) is 1. The van der Waals surface area contributed by atoms with Gasteiger partial charge in [0.15, 0.2) is 0 Å². The fourth-order valence-electron chi connectivity index (χ4n) is 2.23. The summed E-state index contributed by atoms with van der Waals surface area (Å²) in [5.41, 5.74) is 8.13. The maximum atomic E-state index is 11.1. The molecule has 0 spiro atoms. The average molecular weight is 497 g/mol. The molecule has 2 amide bonds. The van der Waals surface area contributed by atoms with Crippen molar-refractivity contribution in [2.75, 3.05) is 6.61 Å². The first-order valence-corrected chi connectivity index (χ1v) is 10.7. The molecule has 190 valence electrons. The Morgan fingerprint density at radius 2 is 1.14 bits per heavy atom. The van der Waals surface area contributed by atoms with Crippen LogP contribution in [0.25, 0.3) is 0 Å². The van der Waals surface area contributed by atoms with Gasteiger partial charge < -0.3 is 26.2 Å². The van der Waals surface area contributed by atoms with E-state index in [0.717, 1.165) is 16.7 Å². The summed E-state index contributed by atoms with van der Waals surface area (Å²) in [6, 6.07) is 10.7. The Morgan fingerprint density at radius 3 is 1.47 bits per heavy atom. The zero-order valence-corrected chi connectivity index (χ0v) is 19.7. The van der Waals surface area contributed by atoms with Gasteiger partial charge in [0, 0.05) is 56.8 Å². The third-order valence-corrected chi connectivity index (χ3v) is 4.04. The van der Waals surface area contributed by atoms with Crippen molar-refractivity contribution in [2.45, 2.75) is 26.6 Å². The van der Waals surface area contributed by atoms with Crippen LogP contribution in [0, 0.1) is 0 Å². The maximum absolute atomic E-state index is 11.1. The summed E-state index contributed by atoms with van der Waals surface area (Å²) >= 11 is 0. The van der Waals surface area contributed by atoms with Crippen molar-refractivity contribution < 1.29 is 29.0 Å². The van der Waals surface area contributed by atoms with Crippen molar-refractivity contribution in [3.8, 4) is 0 Å². The lowest BCUT2D eigenvalue weighted by molar-refractivity contribution is -0.154. The number of hydrogen-bond acceptors (Lipinski definition) is 9. The molecule has 0 atom stereocenters. The standard InChI is InChI=1S/C10H12N2O3.C8H8N2O3.C6H8N2/c1-2-15-10(14)9(13)12-7-8-3-5-11-6-4-8;11-7(8(12)13)10-5-6-1-3-9-4-2-6;7-5-6-1-3-8-4-2-6/h3-6H,2,7H2,1H3,(H,12,13);1-4H,5H2,(H,10,11)(H,12,13);1-4H,5,7H2. The number of hydrogen-bond donors (Lipinski definition) is 4. The molecule has 0 aliphatic carbocycles. The van der Waals surface area contributed by atoms with Gasteiger partial charge >= 0.3 is 23.8 Å². The number of carbonyl (C=O) groups is 4. The second-order valence-corrected chi connectivity index (χ2v) is 6.66. The van der Waals surface area contributed by atoms with Crippen LogP contribution in [0.4, 0.5) is 0 Å². The maximum Gasteiger partial charge on any atom is 0.396 e. The predicted molar refractivity (Wildman–Crippen MR) is 129 cm³/mol. The molecule has 0 radical (unpaired) electrons. The fraction of sp³-hybridized carbons (Fsp3) is 0.208. The first kappa shape index (κ1) is 29.3. The van der Waals surface area contributed by atoms with Crippen LogP contribution in [0.5, 0.6) is 0 Å². The van der Waals surface area contributed by atoms with Gasteiger partial charge in [-0.05, 0) is 60.0 Å². The average Bonchev–Trinajstić information content (AvgIpc) is 2.92. The lowest BCUT2D eigenvalue weighted by Crippen LogP contribution is -2.32. The molecule has 0 saturated carbocycles. The Morgan fingerprint density at radius 1 is 0.750 bits per heavy atom. The number of esters is 1. The summed E-state index contributed by atoms with van der Waals surface area (Å²) in [6.07, 6.45) is 9.85. The number of nitrogens with one attached hydrogen (secondary N) is 2. The van der Waals surface area contributed by atoms with E-state index >= 15 is 0 Å². The van der Waals surface area contributed by atoms with Crippen molar-refractivity contribution in [1.82, 2.24) is 25.6 Å². The molecular formula is C24H28N6O6. The largest absolute Gasteiger partial charge is 0.474 e. The Kier molecular flexibility index (Phi) is 14.4. The zero-order valence-electron chi connectivity index (χ0n) is 19.7. The molecule has 0 aromatic carbocycles. The molecule has 3 aromatic heterocycles. The monoisotopic (exact) mass is 496 g/mol. The smallest absolute Gasteiger partial charge is 0.396 e. The van der Waals surface area contributed by atoms with E-state index in [1.165, 1.54) is 0 Å². The third-order valence-electron chi connectivity index (χ3n) is 4.04. The lowest BCUT2D eigenvalue weighted by atomic mass is 10.3. The van der Waals surface area contributed by atoms with Gasteiger partial charge in [-0.25, -0.2) is 9.59 Å². The van der Waals surface area contributed by atoms with Gasteiger partial charge in [-0.2, -0.15) is 0 Å². The minimum Gasteiger partial charge on any atom is -0.474 e. The van der Waals surface area contributed by atoms with E-state index in [0.29, 0.717) is 13.1 Å². The van der Waals surface area contributed by atoms with Crippen molar-refractivity contribution in [1.29, 1.82) is 0 Å². The van der Waals surface area contributed by atoms with Gasteiger partial charge in [0.1, 0.15) is 0 Å². The van der Waals surface area contributed by atoms with Crippen LogP contribution in [0.3, 0.4) is 0 Å². The number of pyridine rings is 3. The van der Waals surface area contributed by atoms with E-state index < -0.39 is 23.8 Å². The third kappa shape index (κ3) is 13.1. The Labute approximate surface area is 207 Å². The van der Waals surface area contributed by atoms with Crippen molar-refractivity contribution >= 4 is 23.8 Å².